The highest BCUT2D eigenvalue weighted by Crippen LogP contribution is 2.48. The summed E-state index contributed by atoms with van der Waals surface area (Å²) in [6.07, 6.45) is 0. The predicted octanol–water partition coefficient (Wildman–Crippen LogP) is 14.6. The number of benzene rings is 9. The van der Waals surface area contributed by atoms with E-state index >= 15 is 0 Å². The molecule has 0 fully saturated rings. The van der Waals surface area contributed by atoms with E-state index in [-0.39, 0.29) is 0 Å². The molecule has 0 amide bonds. The summed E-state index contributed by atoms with van der Waals surface area (Å²) in [5.41, 5.74) is 10.9. The van der Waals surface area contributed by atoms with Crippen LogP contribution in [0.1, 0.15) is 0 Å². The Morgan fingerprint density at radius 1 is 0.340 bits per heavy atom. The zero-order chi connectivity index (χ0) is 34.9. The van der Waals surface area contributed by atoms with Gasteiger partial charge in [-0.1, -0.05) is 152 Å². The van der Waals surface area contributed by atoms with Gasteiger partial charge in [0.05, 0.1) is 11.4 Å². The molecule has 3 nitrogen and oxygen atoms in total. The number of fused-ring (bicyclic) bond motifs is 9. The van der Waals surface area contributed by atoms with E-state index < -0.39 is 0 Å². The van der Waals surface area contributed by atoms with Gasteiger partial charge in [0, 0.05) is 44.2 Å². The van der Waals surface area contributed by atoms with E-state index in [1.807, 2.05) is 6.07 Å². The molecule has 0 aliphatic heterocycles. The van der Waals surface area contributed by atoms with E-state index in [4.69, 9.17) is 8.83 Å². The predicted molar refractivity (Wildman–Crippen MR) is 222 cm³/mol. The van der Waals surface area contributed by atoms with Gasteiger partial charge in [0.25, 0.3) is 0 Å². The molecule has 0 bridgehead atoms. The number of rotatable bonds is 5. The van der Waals surface area contributed by atoms with Crippen LogP contribution in [0.2, 0.25) is 0 Å². The second-order valence-corrected chi connectivity index (χ2v) is 13.7. The van der Waals surface area contributed by atoms with E-state index in [1.54, 1.807) is 0 Å². The van der Waals surface area contributed by atoms with Gasteiger partial charge in [-0.3, -0.25) is 0 Å². The van der Waals surface area contributed by atoms with Crippen LogP contribution in [0.5, 0.6) is 0 Å². The Balaban J connectivity index is 1.23. The Morgan fingerprint density at radius 3 is 1.77 bits per heavy atom. The highest BCUT2D eigenvalue weighted by molar-refractivity contribution is 6.24. The fraction of sp³-hybridized carbons (Fsp3) is 0. The van der Waals surface area contributed by atoms with Crippen LogP contribution in [0.25, 0.3) is 87.7 Å². The molecular formula is C50H31NO2. The lowest BCUT2D eigenvalue weighted by Gasteiger charge is -2.27. The topological polar surface area (TPSA) is 29.5 Å². The van der Waals surface area contributed by atoms with E-state index in [9.17, 15) is 0 Å². The average molecular weight is 678 g/mol. The smallest absolute Gasteiger partial charge is 0.159 e. The molecule has 0 N–H and O–H groups in total. The van der Waals surface area contributed by atoms with Crippen molar-refractivity contribution < 1.29 is 8.83 Å². The molecule has 0 aliphatic carbocycles. The first-order chi connectivity index (χ1) is 26.3. The van der Waals surface area contributed by atoms with E-state index in [2.05, 4.69) is 187 Å². The van der Waals surface area contributed by atoms with Crippen LogP contribution < -0.4 is 4.90 Å². The summed E-state index contributed by atoms with van der Waals surface area (Å²) in [5.74, 6) is 0. The number of furan rings is 2. The van der Waals surface area contributed by atoms with Crippen molar-refractivity contribution in [3.63, 3.8) is 0 Å². The average Bonchev–Trinajstić information content (AvgIpc) is 3.79. The van der Waals surface area contributed by atoms with Gasteiger partial charge in [0.15, 0.2) is 5.58 Å². The van der Waals surface area contributed by atoms with Crippen molar-refractivity contribution in [1.82, 2.24) is 0 Å². The first-order valence-electron chi connectivity index (χ1n) is 18.0. The molecule has 11 aromatic rings. The lowest BCUT2D eigenvalue weighted by molar-refractivity contribution is 0.668. The van der Waals surface area contributed by atoms with E-state index in [0.717, 1.165) is 99.4 Å². The van der Waals surface area contributed by atoms with Crippen molar-refractivity contribution in [3.05, 3.63) is 188 Å². The van der Waals surface area contributed by atoms with Crippen molar-refractivity contribution in [3.8, 4) is 22.3 Å². The lowest BCUT2D eigenvalue weighted by atomic mass is 9.98. The first kappa shape index (κ1) is 29.6. The Kier molecular flexibility index (Phi) is 6.55. The fourth-order valence-electron chi connectivity index (χ4n) is 8.18. The third kappa shape index (κ3) is 4.68. The highest BCUT2D eigenvalue weighted by Gasteiger charge is 2.24. The van der Waals surface area contributed by atoms with Crippen LogP contribution in [-0.2, 0) is 0 Å². The van der Waals surface area contributed by atoms with Gasteiger partial charge in [-0.05, 0) is 63.2 Å². The third-order valence-electron chi connectivity index (χ3n) is 10.6. The standard InChI is InChI=1S/C50H31NO2/c1-3-14-32(15-4-1)34-20-11-21-37(28-34)51(44-27-13-26-42-41-25-12-24-38(49(41)53-50(42)44)33-16-5-2-6-17-33)45-31-47-48(40-23-10-9-22-39(40)45)43-29-35-18-7-8-19-36(35)30-46(43)52-47/h1-31H. The summed E-state index contributed by atoms with van der Waals surface area (Å²) in [7, 11) is 0. The summed E-state index contributed by atoms with van der Waals surface area (Å²) in [6.45, 7) is 0. The number of nitrogens with zero attached hydrogens (tertiary/aromatic N) is 1. The summed E-state index contributed by atoms with van der Waals surface area (Å²) in [4.78, 5) is 2.35. The van der Waals surface area contributed by atoms with Crippen LogP contribution in [0.3, 0.4) is 0 Å². The van der Waals surface area contributed by atoms with E-state index in [0.29, 0.717) is 0 Å². The van der Waals surface area contributed by atoms with Crippen LogP contribution >= 0.6 is 0 Å². The molecule has 0 saturated carbocycles. The minimum absolute atomic E-state index is 0.830. The minimum Gasteiger partial charge on any atom is -0.456 e. The summed E-state index contributed by atoms with van der Waals surface area (Å²) in [6, 6.07) is 66.6. The lowest BCUT2D eigenvalue weighted by Crippen LogP contribution is -2.11. The van der Waals surface area contributed by atoms with Gasteiger partial charge in [-0.15, -0.1) is 0 Å². The minimum atomic E-state index is 0.830. The van der Waals surface area contributed by atoms with Gasteiger partial charge in [0.2, 0.25) is 0 Å². The molecule has 2 aromatic heterocycles. The van der Waals surface area contributed by atoms with Gasteiger partial charge >= 0.3 is 0 Å². The molecule has 2 heterocycles. The number of hydrogen-bond acceptors (Lipinski definition) is 3. The van der Waals surface area contributed by atoms with Gasteiger partial charge in [0.1, 0.15) is 16.7 Å². The molecule has 9 aromatic carbocycles. The Labute approximate surface area is 305 Å². The molecule has 53 heavy (non-hydrogen) atoms. The zero-order valence-corrected chi connectivity index (χ0v) is 28.7. The molecule has 0 saturated heterocycles. The number of anilines is 3. The maximum Gasteiger partial charge on any atom is 0.159 e. The molecule has 0 spiro atoms. The van der Waals surface area contributed by atoms with Crippen molar-refractivity contribution in [2.75, 3.05) is 4.90 Å². The molecule has 0 unspecified atom stereocenters. The van der Waals surface area contributed by atoms with Crippen molar-refractivity contribution in [2.45, 2.75) is 0 Å². The molecule has 0 atom stereocenters. The maximum absolute atomic E-state index is 7.03. The van der Waals surface area contributed by atoms with Crippen molar-refractivity contribution in [2.24, 2.45) is 0 Å². The zero-order valence-electron chi connectivity index (χ0n) is 28.7. The summed E-state index contributed by atoms with van der Waals surface area (Å²) in [5, 5.41) is 9.02. The molecular weight excluding hydrogens is 647 g/mol. The highest BCUT2D eigenvalue weighted by atomic mass is 16.3. The Hall–Kier alpha value is -7.10. The quantitative estimate of drug-likeness (QED) is 0.182. The Bertz CT molecular complexity index is 3170. The molecule has 11 rings (SSSR count). The second-order valence-electron chi connectivity index (χ2n) is 13.7. The van der Waals surface area contributed by atoms with Crippen LogP contribution in [0.15, 0.2) is 197 Å². The van der Waals surface area contributed by atoms with Crippen molar-refractivity contribution >= 4 is 82.5 Å². The first-order valence-corrected chi connectivity index (χ1v) is 18.0. The monoisotopic (exact) mass is 677 g/mol. The third-order valence-corrected chi connectivity index (χ3v) is 10.6. The molecule has 0 radical (unpaired) electrons. The molecule has 248 valence electrons. The van der Waals surface area contributed by atoms with Gasteiger partial charge in [-0.25, -0.2) is 0 Å². The number of hydrogen-bond donors (Lipinski definition) is 0. The summed E-state index contributed by atoms with van der Waals surface area (Å²) >= 11 is 0. The molecule has 0 aliphatic rings. The maximum atomic E-state index is 7.03. The number of para-hydroxylation sites is 2. The second kappa shape index (κ2) is 11.7. The summed E-state index contributed by atoms with van der Waals surface area (Å²) < 4.78 is 13.8. The van der Waals surface area contributed by atoms with E-state index in [1.165, 1.54) is 5.39 Å². The van der Waals surface area contributed by atoms with Crippen LogP contribution in [0, 0.1) is 0 Å². The van der Waals surface area contributed by atoms with Gasteiger partial charge in [-0.2, -0.15) is 0 Å². The van der Waals surface area contributed by atoms with Crippen molar-refractivity contribution in [1.29, 1.82) is 0 Å². The Morgan fingerprint density at radius 2 is 0.962 bits per heavy atom. The SMILES string of the molecule is c1ccc(-c2cccc(N(c3cc4oc5cc6ccccc6cc5c4c4ccccc34)c3cccc4c3oc3c(-c5ccccc5)cccc34)c2)cc1. The van der Waals surface area contributed by atoms with Crippen LogP contribution in [-0.4, -0.2) is 0 Å². The van der Waals surface area contributed by atoms with Gasteiger partial charge < -0.3 is 13.7 Å². The largest absolute Gasteiger partial charge is 0.456 e. The van der Waals surface area contributed by atoms with Crippen LogP contribution in [0.4, 0.5) is 17.1 Å². The molecule has 3 heteroatoms. The normalized spacial score (nSPS) is 11.8. The fourth-order valence-corrected chi connectivity index (χ4v) is 8.18.